The predicted octanol–water partition coefficient (Wildman–Crippen LogP) is 3.18. The van der Waals surface area contributed by atoms with Gasteiger partial charge < -0.3 is 9.31 Å². The van der Waals surface area contributed by atoms with E-state index in [0.29, 0.717) is 11.3 Å². The Kier molecular flexibility index (Phi) is 2.87. The lowest BCUT2D eigenvalue weighted by Crippen LogP contribution is -2.65. The quantitative estimate of drug-likeness (QED) is 0.777. The van der Waals surface area contributed by atoms with Gasteiger partial charge in [0.25, 0.3) is 0 Å². The van der Waals surface area contributed by atoms with Gasteiger partial charge in [0.2, 0.25) is 0 Å². The number of aryl methyl sites for hydroxylation is 1. The maximum atomic E-state index is 6.48. The molecular formula is C18H25BO2. The van der Waals surface area contributed by atoms with Crippen molar-refractivity contribution in [3.8, 4) is 0 Å². The van der Waals surface area contributed by atoms with Crippen molar-refractivity contribution in [1.29, 1.82) is 0 Å². The second kappa shape index (κ2) is 4.36. The summed E-state index contributed by atoms with van der Waals surface area (Å²) >= 11 is 0. The summed E-state index contributed by atoms with van der Waals surface area (Å²) in [4.78, 5) is 0. The van der Waals surface area contributed by atoms with Crippen LogP contribution in [0.2, 0.25) is 0 Å². The number of hydrogen-bond donors (Lipinski definition) is 0. The molecule has 1 heterocycles. The molecule has 112 valence electrons. The SMILES string of the molecule is CCc1ccc(B2OC3CC4CC(C4(C)C)C3(C)O2)cc1. The molecule has 1 aromatic carbocycles. The Morgan fingerprint density at radius 2 is 1.86 bits per heavy atom. The molecule has 0 N–H and O–H groups in total. The summed E-state index contributed by atoms with van der Waals surface area (Å²) in [5, 5.41) is 0. The van der Waals surface area contributed by atoms with Crippen LogP contribution in [0.5, 0.6) is 0 Å². The molecule has 5 rings (SSSR count). The number of rotatable bonds is 2. The summed E-state index contributed by atoms with van der Waals surface area (Å²) in [6, 6.07) is 8.71. The van der Waals surface area contributed by atoms with Crippen LogP contribution in [0, 0.1) is 17.3 Å². The third kappa shape index (κ3) is 1.80. The fourth-order valence-electron chi connectivity index (χ4n) is 4.92. The number of benzene rings is 1. The molecule has 0 radical (unpaired) electrons. The van der Waals surface area contributed by atoms with Crippen molar-refractivity contribution in [3.05, 3.63) is 29.8 Å². The molecule has 4 unspecified atom stereocenters. The molecule has 3 heteroatoms. The zero-order chi connectivity index (χ0) is 14.8. The van der Waals surface area contributed by atoms with Gasteiger partial charge in [-0.15, -0.1) is 0 Å². The van der Waals surface area contributed by atoms with Gasteiger partial charge >= 0.3 is 7.12 Å². The van der Waals surface area contributed by atoms with E-state index in [-0.39, 0.29) is 18.8 Å². The molecule has 2 nitrogen and oxygen atoms in total. The van der Waals surface area contributed by atoms with E-state index in [4.69, 9.17) is 9.31 Å². The van der Waals surface area contributed by atoms with Crippen molar-refractivity contribution < 1.29 is 9.31 Å². The first-order chi connectivity index (χ1) is 9.95. The molecule has 4 aliphatic rings. The zero-order valence-electron chi connectivity index (χ0n) is 13.6. The summed E-state index contributed by atoms with van der Waals surface area (Å²) < 4.78 is 12.8. The summed E-state index contributed by atoms with van der Waals surface area (Å²) in [5.74, 6) is 1.44. The lowest BCUT2D eigenvalue weighted by molar-refractivity contribution is -0.199. The first kappa shape index (κ1) is 13.8. The van der Waals surface area contributed by atoms with E-state index in [1.807, 2.05) is 0 Å². The highest BCUT2D eigenvalue weighted by atomic mass is 16.7. The molecule has 1 aliphatic heterocycles. The minimum absolute atomic E-state index is 0.105. The third-order valence-electron chi connectivity index (χ3n) is 6.61. The van der Waals surface area contributed by atoms with E-state index in [1.54, 1.807) is 0 Å². The molecular weight excluding hydrogens is 259 g/mol. The van der Waals surface area contributed by atoms with Crippen molar-refractivity contribution in [1.82, 2.24) is 0 Å². The molecule has 1 saturated heterocycles. The second-order valence-corrected chi connectivity index (χ2v) is 7.90. The fraction of sp³-hybridized carbons (Fsp3) is 0.667. The molecule has 3 saturated carbocycles. The van der Waals surface area contributed by atoms with Gasteiger partial charge in [0, 0.05) is 0 Å². The summed E-state index contributed by atoms with van der Waals surface area (Å²) in [6.07, 6.45) is 3.81. The summed E-state index contributed by atoms with van der Waals surface area (Å²) in [6.45, 7) is 9.27. The Bertz CT molecular complexity index is 553. The Balaban J connectivity index is 1.59. The van der Waals surface area contributed by atoms with E-state index in [0.717, 1.165) is 24.2 Å². The average Bonchev–Trinajstić information content (AvgIpc) is 2.84. The zero-order valence-corrected chi connectivity index (χ0v) is 13.6. The van der Waals surface area contributed by atoms with E-state index < -0.39 is 0 Å². The third-order valence-corrected chi connectivity index (χ3v) is 6.61. The minimum Gasteiger partial charge on any atom is -0.402 e. The monoisotopic (exact) mass is 284 g/mol. The second-order valence-electron chi connectivity index (χ2n) is 7.90. The van der Waals surface area contributed by atoms with Crippen LogP contribution in [0.1, 0.15) is 46.1 Å². The largest absolute Gasteiger partial charge is 0.494 e. The number of hydrogen-bond acceptors (Lipinski definition) is 2. The average molecular weight is 284 g/mol. The Hall–Kier alpha value is -0.795. The maximum Gasteiger partial charge on any atom is 0.494 e. The van der Waals surface area contributed by atoms with Gasteiger partial charge in [-0.2, -0.15) is 0 Å². The molecule has 0 amide bonds. The van der Waals surface area contributed by atoms with Gasteiger partial charge in [-0.3, -0.25) is 0 Å². The molecule has 4 fully saturated rings. The highest BCUT2D eigenvalue weighted by molar-refractivity contribution is 6.62. The van der Waals surface area contributed by atoms with Crippen LogP contribution in [0.3, 0.4) is 0 Å². The van der Waals surface area contributed by atoms with Gasteiger partial charge in [0.05, 0.1) is 11.7 Å². The highest BCUT2D eigenvalue weighted by Crippen LogP contribution is 2.65. The molecule has 21 heavy (non-hydrogen) atoms. The van der Waals surface area contributed by atoms with Crippen LogP contribution in [-0.2, 0) is 15.7 Å². The van der Waals surface area contributed by atoms with Crippen molar-refractivity contribution >= 4 is 12.6 Å². The van der Waals surface area contributed by atoms with E-state index in [9.17, 15) is 0 Å². The Morgan fingerprint density at radius 1 is 1.14 bits per heavy atom. The smallest absolute Gasteiger partial charge is 0.402 e. The van der Waals surface area contributed by atoms with Gasteiger partial charge in [0.1, 0.15) is 0 Å². The first-order valence-electron chi connectivity index (χ1n) is 8.37. The fourth-order valence-corrected chi connectivity index (χ4v) is 4.92. The molecule has 2 bridgehead atoms. The van der Waals surface area contributed by atoms with Crippen molar-refractivity contribution in [2.45, 2.75) is 58.7 Å². The lowest BCUT2D eigenvalue weighted by atomic mass is 9.43. The topological polar surface area (TPSA) is 18.5 Å². The Labute approximate surface area is 128 Å². The summed E-state index contributed by atoms with van der Waals surface area (Å²) in [5.41, 5.74) is 2.84. The van der Waals surface area contributed by atoms with Gasteiger partial charge in [-0.05, 0) is 54.5 Å². The van der Waals surface area contributed by atoms with Crippen LogP contribution in [-0.4, -0.2) is 18.8 Å². The molecule has 4 atom stereocenters. The van der Waals surface area contributed by atoms with Gasteiger partial charge in [0.15, 0.2) is 0 Å². The van der Waals surface area contributed by atoms with Crippen LogP contribution in [0.15, 0.2) is 24.3 Å². The van der Waals surface area contributed by atoms with Crippen molar-refractivity contribution in [2.75, 3.05) is 0 Å². The minimum atomic E-state index is -0.180. The van der Waals surface area contributed by atoms with E-state index in [2.05, 4.69) is 52.0 Å². The molecule has 1 aromatic rings. The van der Waals surface area contributed by atoms with E-state index >= 15 is 0 Å². The predicted molar refractivity (Wildman–Crippen MR) is 85.6 cm³/mol. The molecule has 3 aliphatic carbocycles. The van der Waals surface area contributed by atoms with Gasteiger partial charge in [-0.25, -0.2) is 0 Å². The van der Waals surface area contributed by atoms with Gasteiger partial charge in [-0.1, -0.05) is 45.0 Å². The van der Waals surface area contributed by atoms with Crippen LogP contribution < -0.4 is 5.46 Å². The standard InChI is InChI=1S/C18H25BO2/c1-5-12-6-8-14(9-7-12)19-20-16-11-13-10-15(17(13,2)3)18(16,4)21-19/h6-9,13,15-16H,5,10-11H2,1-4H3. The normalized spacial score (nSPS) is 39.8. The van der Waals surface area contributed by atoms with E-state index in [1.165, 1.54) is 12.0 Å². The lowest BCUT2D eigenvalue weighted by Gasteiger charge is -2.64. The molecule has 0 spiro atoms. The van der Waals surface area contributed by atoms with Crippen molar-refractivity contribution in [2.24, 2.45) is 17.3 Å². The first-order valence-corrected chi connectivity index (χ1v) is 8.37. The van der Waals surface area contributed by atoms with Crippen LogP contribution in [0.25, 0.3) is 0 Å². The van der Waals surface area contributed by atoms with Crippen LogP contribution >= 0.6 is 0 Å². The molecule has 0 aromatic heterocycles. The highest BCUT2D eigenvalue weighted by Gasteiger charge is 2.67. The van der Waals surface area contributed by atoms with Crippen molar-refractivity contribution in [3.63, 3.8) is 0 Å². The summed E-state index contributed by atoms with van der Waals surface area (Å²) in [7, 11) is -0.180. The maximum absolute atomic E-state index is 6.48. The Morgan fingerprint density at radius 3 is 2.48 bits per heavy atom. The van der Waals surface area contributed by atoms with Crippen LogP contribution in [0.4, 0.5) is 0 Å².